The normalized spacial score (nSPS) is 11.9. The minimum atomic E-state index is -3.51. The molecular formula is C21H19FN4O3S2. The van der Waals surface area contributed by atoms with E-state index >= 15 is 0 Å². The average Bonchev–Trinajstić information content (AvgIpc) is 3.30. The second kappa shape index (κ2) is 7.86. The van der Waals surface area contributed by atoms with E-state index in [-0.39, 0.29) is 16.3 Å². The van der Waals surface area contributed by atoms with Gasteiger partial charge in [0.15, 0.2) is 9.84 Å². The van der Waals surface area contributed by atoms with Crippen molar-refractivity contribution in [2.24, 2.45) is 0 Å². The van der Waals surface area contributed by atoms with Crippen molar-refractivity contribution >= 4 is 43.1 Å². The maximum Gasteiger partial charge on any atom is 0.256 e. The number of nitrogens with zero attached hydrogens (tertiary/aromatic N) is 3. The SMILES string of the molecule is Cc1cc(NC(=O)c2cccc(S(=O)(=O)C(C)C)c2)n(-c2nc3ccc(F)cc3s2)n1. The predicted molar refractivity (Wildman–Crippen MR) is 118 cm³/mol. The molecule has 0 bridgehead atoms. The van der Waals surface area contributed by atoms with Gasteiger partial charge >= 0.3 is 0 Å². The Morgan fingerprint density at radius 3 is 2.68 bits per heavy atom. The molecule has 4 aromatic rings. The molecule has 7 nitrogen and oxygen atoms in total. The number of carbonyl (C=O) groups excluding carboxylic acids is 1. The number of anilines is 1. The van der Waals surface area contributed by atoms with Crippen LogP contribution in [0.2, 0.25) is 0 Å². The Bertz CT molecular complexity index is 1410. The summed E-state index contributed by atoms with van der Waals surface area (Å²) in [5.74, 6) is -0.461. The Labute approximate surface area is 182 Å². The van der Waals surface area contributed by atoms with E-state index in [1.165, 1.54) is 46.4 Å². The van der Waals surface area contributed by atoms with Crippen molar-refractivity contribution < 1.29 is 17.6 Å². The number of fused-ring (bicyclic) bond motifs is 1. The third kappa shape index (κ3) is 4.08. The number of nitrogens with one attached hydrogen (secondary N) is 1. The number of hydrogen-bond acceptors (Lipinski definition) is 6. The highest BCUT2D eigenvalue weighted by molar-refractivity contribution is 7.92. The van der Waals surface area contributed by atoms with Gasteiger partial charge in [0.05, 0.1) is 26.1 Å². The zero-order valence-electron chi connectivity index (χ0n) is 17.0. The lowest BCUT2D eigenvalue weighted by atomic mass is 10.2. The van der Waals surface area contributed by atoms with Crippen LogP contribution in [0.3, 0.4) is 0 Å². The van der Waals surface area contributed by atoms with Gasteiger partial charge in [-0.3, -0.25) is 4.79 Å². The molecule has 4 rings (SSSR count). The molecule has 1 N–H and O–H groups in total. The number of aryl methyl sites for hydroxylation is 1. The summed E-state index contributed by atoms with van der Waals surface area (Å²) in [5.41, 5.74) is 1.48. The van der Waals surface area contributed by atoms with Crippen LogP contribution in [0.1, 0.15) is 29.9 Å². The molecule has 2 aromatic carbocycles. The van der Waals surface area contributed by atoms with Crippen LogP contribution in [0.4, 0.5) is 10.2 Å². The number of rotatable bonds is 5. The minimum absolute atomic E-state index is 0.0908. The molecule has 0 saturated heterocycles. The van der Waals surface area contributed by atoms with Crippen molar-refractivity contribution in [3.05, 3.63) is 65.6 Å². The van der Waals surface area contributed by atoms with E-state index < -0.39 is 21.0 Å². The van der Waals surface area contributed by atoms with Crippen LogP contribution in [0, 0.1) is 12.7 Å². The monoisotopic (exact) mass is 458 g/mol. The van der Waals surface area contributed by atoms with Gasteiger partial charge in [0, 0.05) is 11.6 Å². The second-order valence-corrected chi connectivity index (χ2v) is 10.8. The van der Waals surface area contributed by atoms with Crippen LogP contribution in [-0.4, -0.2) is 34.3 Å². The Balaban J connectivity index is 1.67. The zero-order chi connectivity index (χ0) is 22.3. The van der Waals surface area contributed by atoms with Crippen molar-refractivity contribution in [3.8, 4) is 5.13 Å². The number of amides is 1. The molecule has 0 aliphatic heterocycles. The molecular weight excluding hydrogens is 439 g/mol. The molecule has 2 heterocycles. The molecule has 0 saturated carbocycles. The zero-order valence-corrected chi connectivity index (χ0v) is 18.6. The van der Waals surface area contributed by atoms with Gasteiger partial charge in [-0.1, -0.05) is 17.4 Å². The fourth-order valence-electron chi connectivity index (χ4n) is 2.99. The Hall–Kier alpha value is -3.11. The first kappa shape index (κ1) is 21.1. The fraction of sp³-hybridized carbons (Fsp3) is 0.190. The van der Waals surface area contributed by atoms with E-state index in [4.69, 9.17) is 0 Å². The lowest BCUT2D eigenvalue weighted by Crippen LogP contribution is -2.17. The summed E-state index contributed by atoms with van der Waals surface area (Å²) in [6, 6.07) is 11.9. The molecule has 0 fully saturated rings. The smallest absolute Gasteiger partial charge is 0.256 e. The predicted octanol–water partition coefficient (Wildman–Crippen LogP) is 4.36. The van der Waals surface area contributed by atoms with E-state index in [2.05, 4.69) is 15.4 Å². The summed E-state index contributed by atoms with van der Waals surface area (Å²) in [5, 5.41) is 7.03. The molecule has 160 valence electrons. The van der Waals surface area contributed by atoms with Gasteiger partial charge in [-0.05, 0) is 57.2 Å². The van der Waals surface area contributed by atoms with Crippen molar-refractivity contribution in [1.82, 2.24) is 14.8 Å². The maximum absolute atomic E-state index is 13.5. The van der Waals surface area contributed by atoms with Crippen molar-refractivity contribution in [2.45, 2.75) is 30.9 Å². The molecule has 1 amide bonds. The number of aromatic nitrogens is 3. The molecule has 0 aliphatic rings. The summed E-state index contributed by atoms with van der Waals surface area (Å²) < 4.78 is 40.5. The second-order valence-electron chi connectivity index (χ2n) is 7.27. The van der Waals surface area contributed by atoms with Crippen molar-refractivity contribution in [1.29, 1.82) is 0 Å². The Morgan fingerprint density at radius 2 is 1.94 bits per heavy atom. The quantitative estimate of drug-likeness (QED) is 0.479. The van der Waals surface area contributed by atoms with Gasteiger partial charge in [0.2, 0.25) is 5.13 Å². The van der Waals surface area contributed by atoms with Crippen LogP contribution in [0.15, 0.2) is 53.4 Å². The van der Waals surface area contributed by atoms with Gasteiger partial charge in [-0.25, -0.2) is 17.8 Å². The highest BCUT2D eigenvalue weighted by Gasteiger charge is 2.21. The van der Waals surface area contributed by atoms with Gasteiger partial charge in [0.1, 0.15) is 11.6 Å². The van der Waals surface area contributed by atoms with Crippen LogP contribution in [0.5, 0.6) is 0 Å². The summed E-state index contributed by atoms with van der Waals surface area (Å²) in [7, 11) is -3.51. The summed E-state index contributed by atoms with van der Waals surface area (Å²) >= 11 is 1.24. The number of thiazole rings is 1. The van der Waals surface area contributed by atoms with E-state index in [1.54, 1.807) is 39.0 Å². The summed E-state index contributed by atoms with van der Waals surface area (Å²) in [6.45, 7) is 4.95. The highest BCUT2D eigenvalue weighted by Crippen LogP contribution is 2.28. The number of benzene rings is 2. The standard InChI is InChI=1S/C21H19FN4O3S2/c1-12(2)31(28,29)16-6-4-5-14(10-16)20(27)24-19-9-13(3)25-26(19)21-23-17-8-7-15(22)11-18(17)30-21/h4-12H,1-3H3,(H,24,27). The first-order chi connectivity index (χ1) is 14.6. The van der Waals surface area contributed by atoms with E-state index in [0.717, 1.165) is 0 Å². The van der Waals surface area contributed by atoms with Crippen LogP contribution in [0.25, 0.3) is 15.3 Å². The molecule has 0 spiro atoms. The first-order valence-corrected chi connectivity index (χ1v) is 11.8. The third-order valence-corrected chi connectivity index (χ3v) is 7.78. The lowest BCUT2D eigenvalue weighted by molar-refractivity contribution is 0.102. The molecule has 0 aliphatic carbocycles. The van der Waals surface area contributed by atoms with E-state index in [1.807, 2.05) is 0 Å². The van der Waals surface area contributed by atoms with Crippen molar-refractivity contribution in [3.63, 3.8) is 0 Å². The molecule has 0 unspecified atom stereocenters. The van der Waals surface area contributed by atoms with Crippen molar-refractivity contribution in [2.75, 3.05) is 5.32 Å². The Morgan fingerprint density at radius 1 is 1.16 bits per heavy atom. The summed E-state index contributed by atoms with van der Waals surface area (Å²) in [6.07, 6.45) is 0. The van der Waals surface area contributed by atoms with E-state index in [0.29, 0.717) is 26.9 Å². The van der Waals surface area contributed by atoms with Gasteiger partial charge in [0.25, 0.3) is 5.91 Å². The lowest BCUT2D eigenvalue weighted by Gasteiger charge is -2.10. The van der Waals surface area contributed by atoms with E-state index in [9.17, 15) is 17.6 Å². The van der Waals surface area contributed by atoms with Gasteiger partial charge < -0.3 is 5.32 Å². The number of carbonyl (C=O) groups is 1. The number of halogens is 1. The summed E-state index contributed by atoms with van der Waals surface area (Å²) in [4.78, 5) is 17.4. The average molecular weight is 459 g/mol. The topological polar surface area (TPSA) is 94.0 Å². The van der Waals surface area contributed by atoms with Crippen LogP contribution < -0.4 is 5.32 Å². The molecule has 10 heteroatoms. The number of sulfone groups is 1. The third-order valence-electron chi connectivity index (χ3n) is 4.64. The molecule has 0 radical (unpaired) electrons. The maximum atomic E-state index is 13.5. The van der Waals surface area contributed by atoms with Gasteiger partial charge in [-0.15, -0.1) is 0 Å². The van der Waals surface area contributed by atoms with Crippen LogP contribution in [-0.2, 0) is 9.84 Å². The first-order valence-electron chi connectivity index (χ1n) is 9.43. The fourth-order valence-corrected chi connectivity index (χ4v) is 5.05. The molecule has 31 heavy (non-hydrogen) atoms. The minimum Gasteiger partial charge on any atom is -0.306 e. The number of hydrogen-bond donors (Lipinski definition) is 1. The highest BCUT2D eigenvalue weighted by atomic mass is 32.2. The Kier molecular flexibility index (Phi) is 5.36. The van der Waals surface area contributed by atoms with Crippen LogP contribution >= 0.6 is 11.3 Å². The largest absolute Gasteiger partial charge is 0.306 e. The molecule has 0 atom stereocenters. The van der Waals surface area contributed by atoms with Gasteiger partial charge in [-0.2, -0.15) is 9.78 Å². The molecule has 2 aromatic heterocycles.